The van der Waals surface area contributed by atoms with E-state index >= 15 is 0 Å². The van der Waals surface area contributed by atoms with Crippen LogP contribution in [0.4, 0.5) is 5.82 Å². The van der Waals surface area contributed by atoms with Crippen molar-refractivity contribution in [2.24, 2.45) is 0 Å². The molecule has 1 aliphatic rings. The Morgan fingerprint density at radius 3 is 2.81 bits per heavy atom. The highest BCUT2D eigenvalue weighted by Gasteiger charge is 2.25. The van der Waals surface area contributed by atoms with Gasteiger partial charge in [-0.05, 0) is 40.7 Å². The summed E-state index contributed by atoms with van der Waals surface area (Å²) in [6, 6.07) is 7.82. The number of aromatic amines is 1. The number of hydrogen-bond acceptors (Lipinski definition) is 4. The van der Waals surface area contributed by atoms with Gasteiger partial charge < -0.3 is 20.1 Å². The van der Waals surface area contributed by atoms with Crippen molar-refractivity contribution in [3.05, 3.63) is 57.3 Å². The molecule has 2 aromatic rings. The van der Waals surface area contributed by atoms with Gasteiger partial charge in [0.2, 0.25) is 0 Å². The fourth-order valence-corrected chi connectivity index (χ4v) is 2.50. The maximum Gasteiger partial charge on any atom is 0.321 e. The van der Waals surface area contributed by atoms with E-state index in [9.17, 15) is 20.0 Å². The molecular formula is C14H13N3O4. The van der Waals surface area contributed by atoms with Gasteiger partial charge in [0.1, 0.15) is 5.75 Å². The zero-order chi connectivity index (χ0) is 15.0. The number of aromatic hydroxyl groups is 1. The van der Waals surface area contributed by atoms with Crippen LogP contribution in [-0.2, 0) is 13.0 Å². The number of carbonyl (C=O) groups excluding carboxylic acids is 1. The third kappa shape index (κ3) is 2.45. The Labute approximate surface area is 120 Å². The standard InChI is InChI=1S/C14H13N3O4/c18-11-2-1-9-5-6-16(8-10(9)7-11)14(19)12-3-4-13(15-12)17(20)21/h1-4,7,15,18H,5-6,8H2. The second kappa shape index (κ2) is 4.93. The molecule has 0 saturated heterocycles. The van der Waals surface area contributed by atoms with Crippen molar-refractivity contribution in [2.75, 3.05) is 6.54 Å². The van der Waals surface area contributed by atoms with Gasteiger partial charge in [0.25, 0.3) is 5.91 Å². The Kier molecular flexibility index (Phi) is 3.09. The van der Waals surface area contributed by atoms with E-state index < -0.39 is 4.92 Å². The van der Waals surface area contributed by atoms with E-state index in [0.29, 0.717) is 19.5 Å². The number of H-pyrrole nitrogens is 1. The highest BCUT2D eigenvalue weighted by molar-refractivity contribution is 5.93. The lowest BCUT2D eigenvalue weighted by molar-refractivity contribution is -0.389. The fraction of sp³-hybridized carbons (Fsp3) is 0.214. The molecular weight excluding hydrogens is 274 g/mol. The molecule has 3 rings (SSSR count). The molecule has 2 N–H and O–H groups in total. The molecule has 0 unspecified atom stereocenters. The number of aromatic nitrogens is 1. The van der Waals surface area contributed by atoms with Crippen LogP contribution in [0.5, 0.6) is 5.75 Å². The molecule has 21 heavy (non-hydrogen) atoms. The summed E-state index contributed by atoms with van der Waals surface area (Å²) in [6.07, 6.45) is 0.699. The summed E-state index contributed by atoms with van der Waals surface area (Å²) < 4.78 is 0. The Bertz CT molecular complexity index is 723. The number of nitrogens with zero attached hydrogens (tertiary/aromatic N) is 2. The smallest absolute Gasteiger partial charge is 0.321 e. The molecule has 0 fully saturated rings. The number of rotatable bonds is 2. The first-order valence-electron chi connectivity index (χ1n) is 6.48. The van der Waals surface area contributed by atoms with E-state index in [4.69, 9.17) is 0 Å². The number of phenols is 1. The molecule has 7 nitrogen and oxygen atoms in total. The number of carbonyl (C=O) groups is 1. The monoisotopic (exact) mass is 287 g/mol. The Hall–Kier alpha value is -2.83. The van der Waals surface area contributed by atoms with E-state index in [0.717, 1.165) is 11.1 Å². The van der Waals surface area contributed by atoms with E-state index in [1.54, 1.807) is 17.0 Å². The Morgan fingerprint density at radius 1 is 1.29 bits per heavy atom. The lowest BCUT2D eigenvalue weighted by atomic mass is 9.99. The molecule has 7 heteroatoms. The first kappa shape index (κ1) is 13.2. The minimum absolute atomic E-state index is 0.165. The van der Waals surface area contributed by atoms with Crippen molar-refractivity contribution in [1.82, 2.24) is 9.88 Å². The molecule has 0 spiro atoms. The largest absolute Gasteiger partial charge is 0.508 e. The minimum atomic E-state index is -0.569. The van der Waals surface area contributed by atoms with Crippen molar-refractivity contribution in [3.8, 4) is 5.75 Å². The minimum Gasteiger partial charge on any atom is -0.508 e. The third-order valence-corrected chi connectivity index (χ3v) is 3.59. The van der Waals surface area contributed by atoms with Gasteiger partial charge in [-0.15, -0.1) is 0 Å². The summed E-state index contributed by atoms with van der Waals surface area (Å²) in [5, 5.41) is 20.1. The van der Waals surface area contributed by atoms with Crippen LogP contribution in [0.25, 0.3) is 0 Å². The zero-order valence-corrected chi connectivity index (χ0v) is 11.1. The summed E-state index contributed by atoms with van der Waals surface area (Å²) in [5.41, 5.74) is 2.20. The van der Waals surface area contributed by atoms with Gasteiger partial charge in [0.15, 0.2) is 5.69 Å². The molecule has 0 bridgehead atoms. The van der Waals surface area contributed by atoms with Gasteiger partial charge in [0.05, 0.1) is 0 Å². The van der Waals surface area contributed by atoms with Gasteiger partial charge in [-0.25, -0.2) is 4.98 Å². The first-order valence-corrected chi connectivity index (χ1v) is 6.48. The third-order valence-electron chi connectivity index (χ3n) is 3.59. The highest BCUT2D eigenvalue weighted by atomic mass is 16.6. The van der Waals surface area contributed by atoms with Crippen LogP contribution in [0, 0.1) is 10.1 Å². The number of phenolic OH excluding ortho intramolecular Hbond substituents is 1. The van der Waals surface area contributed by atoms with Gasteiger partial charge in [0, 0.05) is 19.2 Å². The van der Waals surface area contributed by atoms with Crippen LogP contribution in [0.15, 0.2) is 30.3 Å². The molecule has 1 aliphatic heterocycles. The zero-order valence-electron chi connectivity index (χ0n) is 11.1. The van der Waals surface area contributed by atoms with Gasteiger partial charge in [-0.1, -0.05) is 6.07 Å². The van der Waals surface area contributed by atoms with Crippen LogP contribution in [-0.4, -0.2) is 32.4 Å². The van der Waals surface area contributed by atoms with Crippen molar-refractivity contribution in [3.63, 3.8) is 0 Å². The number of nitrogens with one attached hydrogen (secondary N) is 1. The second-order valence-corrected chi connectivity index (χ2v) is 4.94. The molecule has 0 saturated carbocycles. The topological polar surface area (TPSA) is 99.5 Å². The summed E-state index contributed by atoms with van der Waals surface area (Å²) in [7, 11) is 0. The van der Waals surface area contributed by atoms with Crippen LogP contribution < -0.4 is 0 Å². The molecule has 0 radical (unpaired) electrons. The van der Waals surface area contributed by atoms with Crippen LogP contribution in [0.3, 0.4) is 0 Å². The Morgan fingerprint density at radius 2 is 2.10 bits per heavy atom. The average Bonchev–Trinajstić information content (AvgIpc) is 2.95. The van der Waals surface area contributed by atoms with Crippen LogP contribution in [0.2, 0.25) is 0 Å². The molecule has 0 atom stereocenters. The second-order valence-electron chi connectivity index (χ2n) is 4.94. The highest BCUT2D eigenvalue weighted by Crippen LogP contribution is 2.24. The quantitative estimate of drug-likeness (QED) is 0.650. The molecule has 1 aromatic carbocycles. The number of hydrogen-bond donors (Lipinski definition) is 2. The average molecular weight is 287 g/mol. The summed E-state index contributed by atoms with van der Waals surface area (Å²) in [4.78, 5) is 26.5. The molecule has 0 aliphatic carbocycles. The lowest BCUT2D eigenvalue weighted by Gasteiger charge is -2.28. The van der Waals surface area contributed by atoms with E-state index in [-0.39, 0.29) is 23.2 Å². The number of amides is 1. The molecule has 1 amide bonds. The van der Waals surface area contributed by atoms with Gasteiger partial charge in [-0.3, -0.25) is 4.79 Å². The lowest BCUT2D eigenvalue weighted by Crippen LogP contribution is -2.36. The van der Waals surface area contributed by atoms with Gasteiger partial charge >= 0.3 is 5.82 Å². The molecule has 1 aromatic heterocycles. The van der Waals surface area contributed by atoms with E-state index in [1.165, 1.54) is 12.1 Å². The summed E-state index contributed by atoms with van der Waals surface area (Å²) in [6.45, 7) is 0.929. The number of benzene rings is 1. The van der Waals surface area contributed by atoms with Crippen molar-refractivity contribution >= 4 is 11.7 Å². The maximum atomic E-state index is 12.3. The van der Waals surface area contributed by atoms with Crippen LogP contribution >= 0.6 is 0 Å². The number of fused-ring (bicyclic) bond motifs is 1. The van der Waals surface area contributed by atoms with Crippen molar-refractivity contribution in [2.45, 2.75) is 13.0 Å². The number of nitro groups is 1. The first-order chi connectivity index (χ1) is 10.0. The van der Waals surface area contributed by atoms with E-state index in [2.05, 4.69) is 4.98 Å². The predicted octanol–water partition coefficient (Wildman–Crippen LogP) is 1.83. The SMILES string of the molecule is O=C(c1ccc([N+](=O)[O-])[nH]1)N1CCc2ccc(O)cc2C1. The van der Waals surface area contributed by atoms with Crippen molar-refractivity contribution in [1.29, 1.82) is 0 Å². The summed E-state index contributed by atoms with van der Waals surface area (Å²) in [5.74, 6) is -0.316. The predicted molar refractivity (Wildman–Crippen MR) is 74.0 cm³/mol. The molecule has 2 heterocycles. The van der Waals surface area contributed by atoms with Crippen molar-refractivity contribution < 1.29 is 14.8 Å². The summed E-state index contributed by atoms with van der Waals surface area (Å²) >= 11 is 0. The maximum absolute atomic E-state index is 12.3. The normalized spacial score (nSPS) is 13.8. The molecule has 108 valence electrons. The van der Waals surface area contributed by atoms with E-state index in [1.807, 2.05) is 6.07 Å². The Balaban J connectivity index is 1.81. The van der Waals surface area contributed by atoms with Crippen LogP contribution in [0.1, 0.15) is 21.6 Å². The van der Waals surface area contributed by atoms with Gasteiger partial charge in [-0.2, -0.15) is 0 Å². The fourth-order valence-electron chi connectivity index (χ4n) is 2.50.